The van der Waals surface area contributed by atoms with Crippen molar-refractivity contribution >= 4 is 6.03 Å². The van der Waals surface area contributed by atoms with Crippen LogP contribution in [0.4, 0.5) is 4.79 Å². The lowest BCUT2D eigenvalue weighted by atomic mass is 9.99. The Morgan fingerprint density at radius 1 is 1.43 bits per heavy atom. The van der Waals surface area contributed by atoms with Gasteiger partial charge in [0.15, 0.2) is 0 Å². The lowest BCUT2D eigenvalue weighted by Crippen LogP contribution is -2.32. The maximum atomic E-state index is 11.4. The number of hydrogen-bond acceptors (Lipinski definition) is 2. The molecule has 0 aromatic heterocycles. The zero-order valence-corrected chi connectivity index (χ0v) is 8.41. The van der Waals surface area contributed by atoms with Crippen molar-refractivity contribution in [1.82, 2.24) is 10.2 Å². The normalized spacial score (nSPS) is 28.5. The van der Waals surface area contributed by atoms with Crippen molar-refractivity contribution in [3.63, 3.8) is 0 Å². The number of nitrogens with one attached hydrogen (secondary N) is 1. The van der Waals surface area contributed by atoms with Gasteiger partial charge in [-0.2, -0.15) is 0 Å². The fraction of sp³-hybridized carbons (Fsp3) is 0.900. The molecule has 2 amide bonds. The van der Waals surface area contributed by atoms with E-state index in [2.05, 4.69) is 5.32 Å². The fourth-order valence-electron chi connectivity index (χ4n) is 2.56. The van der Waals surface area contributed by atoms with Gasteiger partial charge in [-0.25, -0.2) is 4.79 Å². The molecule has 4 nitrogen and oxygen atoms in total. The van der Waals surface area contributed by atoms with Gasteiger partial charge in [0.25, 0.3) is 0 Å². The number of β-amino-alcohol motifs (C(OH)–C–C–N with tert-alkyl or cyclic N) is 1. The van der Waals surface area contributed by atoms with E-state index in [9.17, 15) is 4.79 Å². The molecule has 1 heterocycles. The molecule has 80 valence electrons. The quantitative estimate of drug-likeness (QED) is 0.696. The highest BCUT2D eigenvalue weighted by Gasteiger charge is 2.34. The standard InChI is InChI=1S/C10H18N2O2/c13-6-5-12-7-9(11-10(12)14)8-3-1-2-4-8/h8-9,13H,1-7H2,(H,11,14). The number of rotatable bonds is 3. The van der Waals surface area contributed by atoms with E-state index in [1.54, 1.807) is 4.90 Å². The third-order valence-electron chi connectivity index (χ3n) is 3.35. The summed E-state index contributed by atoms with van der Waals surface area (Å²) >= 11 is 0. The second-order valence-electron chi connectivity index (χ2n) is 4.27. The monoisotopic (exact) mass is 198 g/mol. The number of aliphatic hydroxyl groups excluding tert-OH is 1. The predicted molar refractivity (Wildman–Crippen MR) is 52.9 cm³/mol. The molecule has 14 heavy (non-hydrogen) atoms. The summed E-state index contributed by atoms with van der Waals surface area (Å²) in [6.07, 6.45) is 5.10. The summed E-state index contributed by atoms with van der Waals surface area (Å²) in [5.74, 6) is 0.669. The summed E-state index contributed by atoms with van der Waals surface area (Å²) in [5, 5.41) is 11.8. The van der Waals surface area contributed by atoms with Crippen molar-refractivity contribution in [2.45, 2.75) is 31.7 Å². The maximum Gasteiger partial charge on any atom is 0.317 e. The summed E-state index contributed by atoms with van der Waals surface area (Å²) in [4.78, 5) is 13.1. The van der Waals surface area contributed by atoms with Crippen LogP contribution >= 0.6 is 0 Å². The van der Waals surface area contributed by atoms with Crippen molar-refractivity contribution < 1.29 is 9.90 Å². The minimum absolute atomic E-state index is 0.00375. The van der Waals surface area contributed by atoms with Crippen molar-refractivity contribution in [1.29, 1.82) is 0 Å². The molecule has 2 N–H and O–H groups in total. The molecule has 0 aromatic rings. The number of carbonyl (C=O) groups is 1. The molecular formula is C10H18N2O2. The van der Waals surface area contributed by atoms with Gasteiger partial charge in [0.2, 0.25) is 0 Å². The first-order valence-corrected chi connectivity index (χ1v) is 5.47. The summed E-state index contributed by atoms with van der Waals surface area (Å²) in [6.45, 7) is 1.31. The SMILES string of the molecule is O=C1NC(C2CCCC2)CN1CCO. The molecule has 1 aliphatic carbocycles. The smallest absolute Gasteiger partial charge is 0.317 e. The molecule has 2 aliphatic rings. The van der Waals surface area contributed by atoms with Gasteiger partial charge >= 0.3 is 6.03 Å². The number of carbonyl (C=O) groups excluding carboxylic acids is 1. The highest BCUT2D eigenvalue weighted by Crippen LogP contribution is 2.29. The van der Waals surface area contributed by atoms with E-state index in [4.69, 9.17) is 5.11 Å². The highest BCUT2D eigenvalue weighted by molar-refractivity contribution is 5.76. The van der Waals surface area contributed by atoms with Gasteiger partial charge < -0.3 is 15.3 Å². The Balaban J connectivity index is 1.88. The van der Waals surface area contributed by atoms with Crippen molar-refractivity contribution in [3.05, 3.63) is 0 Å². The van der Waals surface area contributed by atoms with E-state index in [1.807, 2.05) is 0 Å². The van der Waals surface area contributed by atoms with Gasteiger partial charge in [-0.1, -0.05) is 12.8 Å². The first-order chi connectivity index (χ1) is 6.81. The Bertz CT molecular complexity index is 214. The molecular weight excluding hydrogens is 180 g/mol. The number of urea groups is 1. The van der Waals surface area contributed by atoms with Gasteiger partial charge in [-0.15, -0.1) is 0 Å². The fourth-order valence-corrected chi connectivity index (χ4v) is 2.56. The Hall–Kier alpha value is -0.770. The van der Waals surface area contributed by atoms with Crippen LogP contribution in [0.15, 0.2) is 0 Å². The van der Waals surface area contributed by atoms with Crippen molar-refractivity contribution in [2.75, 3.05) is 19.7 Å². The van der Waals surface area contributed by atoms with Gasteiger partial charge in [0.05, 0.1) is 12.6 Å². The minimum Gasteiger partial charge on any atom is -0.395 e. The van der Waals surface area contributed by atoms with E-state index in [1.165, 1.54) is 25.7 Å². The van der Waals surface area contributed by atoms with E-state index < -0.39 is 0 Å². The van der Waals surface area contributed by atoms with Crippen LogP contribution in [-0.4, -0.2) is 41.8 Å². The van der Waals surface area contributed by atoms with Crippen LogP contribution in [0.3, 0.4) is 0 Å². The average molecular weight is 198 g/mol. The van der Waals surface area contributed by atoms with Crippen LogP contribution in [0.5, 0.6) is 0 Å². The van der Waals surface area contributed by atoms with E-state index in [0.717, 1.165) is 6.54 Å². The Morgan fingerprint density at radius 2 is 2.14 bits per heavy atom. The molecule has 0 radical (unpaired) electrons. The second kappa shape index (κ2) is 4.17. The van der Waals surface area contributed by atoms with Gasteiger partial charge in [0.1, 0.15) is 0 Å². The molecule has 1 saturated heterocycles. The van der Waals surface area contributed by atoms with Crippen LogP contribution < -0.4 is 5.32 Å². The van der Waals surface area contributed by atoms with Crippen LogP contribution in [0, 0.1) is 5.92 Å². The molecule has 1 aliphatic heterocycles. The van der Waals surface area contributed by atoms with Gasteiger partial charge in [0, 0.05) is 13.1 Å². The first kappa shape index (κ1) is 9.77. The van der Waals surface area contributed by atoms with E-state index in [0.29, 0.717) is 18.5 Å². The molecule has 4 heteroatoms. The van der Waals surface area contributed by atoms with Crippen molar-refractivity contribution in [2.24, 2.45) is 5.92 Å². The molecule has 1 unspecified atom stereocenters. The molecule has 0 spiro atoms. The van der Waals surface area contributed by atoms with Crippen molar-refractivity contribution in [3.8, 4) is 0 Å². The average Bonchev–Trinajstić information content (AvgIpc) is 2.76. The Morgan fingerprint density at radius 3 is 2.79 bits per heavy atom. The Kier molecular flexibility index (Phi) is 2.91. The molecule has 0 bridgehead atoms. The lowest BCUT2D eigenvalue weighted by Gasteiger charge is -2.17. The molecule has 2 fully saturated rings. The minimum atomic E-state index is -0.00375. The van der Waals surface area contributed by atoms with Gasteiger partial charge in [-0.3, -0.25) is 0 Å². The van der Waals surface area contributed by atoms with Crippen LogP contribution in [0.2, 0.25) is 0 Å². The molecule has 1 atom stereocenters. The van der Waals surface area contributed by atoms with Crippen LogP contribution in [0.1, 0.15) is 25.7 Å². The first-order valence-electron chi connectivity index (χ1n) is 5.47. The van der Waals surface area contributed by atoms with Crippen LogP contribution in [-0.2, 0) is 0 Å². The van der Waals surface area contributed by atoms with E-state index >= 15 is 0 Å². The third-order valence-corrected chi connectivity index (χ3v) is 3.35. The van der Waals surface area contributed by atoms with Gasteiger partial charge in [-0.05, 0) is 18.8 Å². The molecule has 2 rings (SSSR count). The zero-order chi connectivity index (χ0) is 9.97. The summed E-state index contributed by atoms with van der Waals surface area (Å²) in [6, 6.07) is 0.326. The topological polar surface area (TPSA) is 52.6 Å². The summed E-state index contributed by atoms with van der Waals surface area (Å²) < 4.78 is 0. The van der Waals surface area contributed by atoms with Crippen LogP contribution in [0.25, 0.3) is 0 Å². The number of hydrogen-bond donors (Lipinski definition) is 2. The highest BCUT2D eigenvalue weighted by atomic mass is 16.3. The molecule has 1 saturated carbocycles. The zero-order valence-electron chi connectivity index (χ0n) is 8.41. The third kappa shape index (κ3) is 1.85. The summed E-state index contributed by atoms with van der Waals surface area (Å²) in [7, 11) is 0. The predicted octanol–water partition coefficient (Wildman–Crippen LogP) is 0.563. The Labute approximate surface area is 84.3 Å². The van der Waals surface area contributed by atoms with E-state index in [-0.39, 0.29) is 12.6 Å². The second-order valence-corrected chi connectivity index (χ2v) is 4.27. The molecule has 0 aromatic carbocycles. The lowest BCUT2D eigenvalue weighted by molar-refractivity contribution is 0.196. The summed E-state index contributed by atoms with van der Waals surface area (Å²) in [5.41, 5.74) is 0. The number of aliphatic hydroxyl groups is 1. The number of nitrogens with zero attached hydrogens (tertiary/aromatic N) is 1. The number of amides is 2. The maximum absolute atomic E-state index is 11.4. The largest absolute Gasteiger partial charge is 0.395 e.